The molecule has 1 fully saturated rings. The maximum atomic E-state index is 11.4. The summed E-state index contributed by atoms with van der Waals surface area (Å²) in [6, 6.07) is 0.649. The molecule has 0 spiro atoms. The molecule has 0 aromatic carbocycles. The number of esters is 1. The summed E-state index contributed by atoms with van der Waals surface area (Å²) in [4.78, 5) is 16.1. The molecule has 1 unspecified atom stereocenters. The topological polar surface area (TPSA) is 32.8 Å². The van der Waals surface area contributed by atoms with Gasteiger partial charge in [-0.1, -0.05) is 6.42 Å². The summed E-state index contributed by atoms with van der Waals surface area (Å²) in [5.41, 5.74) is 0. The molecule has 4 nitrogen and oxygen atoms in total. The van der Waals surface area contributed by atoms with Gasteiger partial charge in [0.15, 0.2) is 0 Å². The van der Waals surface area contributed by atoms with Crippen molar-refractivity contribution in [2.45, 2.75) is 45.1 Å². The van der Waals surface area contributed by atoms with Crippen LogP contribution in [0.2, 0.25) is 0 Å². The van der Waals surface area contributed by atoms with Crippen LogP contribution in [0.3, 0.4) is 0 Å². The van der Waals surface area contributed by atoms with Crippen LogP contribution >= 0.6 is 0 Å². The first-order chi connectivity index (χ1) is 8.63. The van der Waals surface area contributed by atoms with Gasteiger partial charge in [-0.2, -0.15) is 0 Å². The van der Waals surface area contributed by atoms with E-state index in [0.717, 1.165) is 19.6 Å². The van der Waals surface area contributed by atoms with Crippen LogP contribution in [-0.2, 0) is 9.53 Å². The summed E-state index contributed by atoms with van der Waals surface area (Å²) >= 11 is 0. The van der Waals surface area contributed by atoms with Crippen molar-refractivity contribution in [1.29, 1.82) is 0 Å². The Kier molecular flexibility index (Phi) is 7.28. The third-order valence-corrected chi connectivity index (χ3v) is 3.57. The van der Waals surface area contributed by atoms with E-state index < -0.39 is 0 Å². The zero-order chi connectivity index (χ0) is 13.4. The van der Waals surface area contributed by atoms with Crippen molar-refractivity contribution in [2.24, 2.45) is 0 Å². The third-order valence-electron chi connectivity index (χ3n) is 3.57. The summed E-state index contributed by atoms with van der Waals surface area (Å²) in [6.07, 6.45) is 5.61. The Balaban J connectivity index is 2.32. The van der Waals surface area contributed by atoms with Gasteiger partial charge >= 0.3 is 5.97 Å². The van der Waals surface area contributed by atoms with Crippen LogP contribution in [0.15, 0.2) is 0 Å². The van der Waals surface area contributed by atoms with Crippen LogP contribution in [-0.4, -0.2) is 62.1 Å². The van der Waals surface area contributed by atoms with Gasteiger partial charge in [0.25, 0.3) is 0 Å². The normalized spacial score (nSPS) is 21.2. The lowest BCUT2D eigenvalue weighted by molar-refractivity contribution is -0.143. The number of piperidine rings is 1. The van der Waals surface area contributed by atoms with E-state index in [1.54, 1.807) is 0 Å². The molecular weight excluding hydrogens is 228 g/mol. The lowest BCUT2D eigenvalue weighted by Gasteiger charge is -2.36. The molecule has 0 N–H and O–H groups in total. The predicted molar refractivity (Wildman–Crippen MR) is 73.6 cm³/mol. The summed E-state index contributed by atoms with van der Waals surface area (Å²) in [7, 11) is 4.23. The molecule has 1 aliphatic heterocycles. The monoisotopic (exact) mass is 256 g/mol. The van der Waals surface area contributed by atoms with Crippen molar-refractivity contribution < 1.29 is 9.53 Å². The molecule has 1 saturated heterocycles. The van der Waals surface area contributed by atoms with Gasteiger partial charge in [0, 0.05) is 12.6 Å². The molecule has 0 radical (unpaired) electrons. The molecule has 0 bridgehead atoms. The Morgan fingerprint density at radius 3 is 2.83 bits per heavy atom. The Hall–Kier alpha value is -0.610. The quantitative estimate of drug-likeness (QED) is 0.650. The van der Waals surface area contributed by atoms with Gasteiger partial charge in [-0.3, -0.25) is 9.69 Å². The molecule has 0 aliphatic carbocycles. The second kappa shape index (κ2) is 8.48. The SMILES string of the molecule is CCOC(=O)CCN1CCCCC1CCN(C)C. The highest BCUT2D eigenvalue weighted by molar-refractivity contribution is 5.69. The minimum absolute atomic E-state index is 0.0607. The van der Waals surface area contributed by atoms with Crippen molar-refractivity contribution >= 4 is 5.97 Å². The molecule has 106 valence electrons. The molecule has 4 heteroatoms. The molecule has 1 heterocycles. The van der Waals surface area contributed by atoms with Crippen LogP contribution in [0.5, 0.6) is 0 Å². The fraction of sp³-hybridized carbons (Fsp3) is 0.929. The molecule has 0 amide bonds. The molecule has 1 atom stereocenters. The molecule has 0 saturated carbocycles. The maximum absolute atomic E-state index is 11.4. The standard InChI is InChI=1S/C14H28N2O2/c1-4-18-14(17)9-12-16-10-6-5-7-13(16)8-11-15(2)3/h13H,4-12H2,1-3H3. The summed E-state index contributed by atoms with van der Waals surface area (Å²) in [5, 5.41) is 0. The first-order valence-electron chi connectivity index (χ1n) is 7.18. The average molecular weight is 256 g/mol. The highest BCUT2D eigenvalue weighted by Crippen LogP contribution is 2.20. The Morgan fingerprint density at radius 1 is 1.39 bits per heavy atom. The molecular formula is C14H28N2O2. The van der Waals surface area contributed by atoms with Gasteiger partial charge in [-0.25, -0.2) is 0 Å². The van der Waals surface area contributed by atoms with Crippen LogP contribution in [0.25, 0.3) is 0 Å². The fourth-order valence-electron chi connectivity index (χ4n) is 2.56. The number of nitrogens with zero attached hydrogens (tertiary/aromatic N) is 2. The fourth-order valence-corrected chi connectivity index (χ4v) is 2.56. The van der Waals surface area contributed by atoms with Gasteiger partial charge in [-0.15, -0.1) is 0 Å². The minimum atomic E-state index is -0.0607. The van der Waals surface area contributed by atoms with E-state index in [0.29, 0.717) is 19.1 Å². The molecule has 0 aromatic heterocycles. The van der Waals surface area contributed by atoms with E-state index in [1.165, 1.54) is 25.7 Å². The van der Waals surface area contributed by atoms with Gasteiger partial charge in [0.2, 0.25) is 0 Å². The molecule has 1 aliphatic rings. The second-order valence-electron chi connectivity index (χ2n) is 5.33. The van der Waals surface area contributed by atoms with E-state index in [-0.39, 0.29) is 5.97 Å². The Morgan fingerprint density at radius 2 is 2.17 bits per heavy atom. The molecule has 0 aromatic rings. The van der Waals surface area contributed by atoms with Crippen LogP contribution < -0.4 is 0 Å². The van der Waals surface area contributed by atoms with Gasteiger partial charge in [0.05, 0.1) is 13.0 Å². The zero-order valence-electron chi connectivity index (χ0n) is 12.2. The Labute approximate surface area is 111 Å². The van der Waals surface area contributed by atoms with Crippen LogP contribution in [0, 0.1) is 0 Å². The van der Waals surface area contributed by atoms with Crippen molar-refractivity contribution in [3.63, 3.8) is 0 Å². The minimum Gasteiger partial charge on any atom is -0.466 e. The summed E-state index contributed by atoms with van der Waals surface area (Å²) < 4.78 is 4.99. The van der Waals surface area contributed by atoms with E-state index >= 15 is 0 Å². The van der Waals surface area contributed by atoms with Gasteiger partial charge < -0.3 is 9.64 Å². The zero-order valence-corrected chi connectivity index (χ0v) is 12.2. The van der Waals surface area contributed by atoms with Crippen molar-refractivity contribution in [3.8, 4) is 0 Å². The van der Waals surface area contributed by atoms with E-state index in [1.807, 2.05) is 6.92 Å². The summed E-state index contributed by atoms with van der Waals surface area (Å²) in [6.45, 7) is 5.47. The number of ether oxygens (including phenoxy) is 1. The maximum Gasteiger partial charge on any atom is 0.307 e. The van der Waals surface area contributed by atoms with E-state index in [9.17, 15) is 4.79 Å². The second-order valence-corrected chi connectivity index (χ2v) is 5.33. The van der Waals surface area contributed by atoms with Crippen molar-refractivity contribution in [1.82, 2.24) is 9.80 Å². The number of carbonyl (C=O) groups is 1. The number of rotatable bonds is 7. The Bertz CT molecular complexity index is 244. The smallest absolute Gasteiger partial charge is 0.307 e. The van der Waals surface area contributed by atoms with E-state index in [4.69, 9.17) is 4.74 Å². The van der Waals surface area contributed by atoms with Gasteiger partial charge in [-0.05, 0) is 53.4 Å². The van der Waals surface area contributed by atoms with Crippen LogP contribution in [0.4, 0.5) is 0 Å². The average Bonchev–Trinajstić information content (AvgIpc) is 2.35. The first kappa shape index (κ1) is 15.4. The first-order valence-corrected chi connectivity index (χ1v) is 7.18. The molecule has 18 heavy (non-hydrogen) atoms. The largest absolute Gasteiger partial charge is 0.466 e. The highest BCUT2D eigenvalue weighted by atomic mass is 16.5. The lowest BCUT2D eigenvalue weighted by Crippen LogP contribution is -2.42. The van der Waals surface area contributed by atoms with Gasteiger partial charge in [0.1, 0.15) is 0 Å². The van der Waals surface area contributed by atoms with Crippen LogP contribution in [0.1, 0.15) is 39.0 Å². The summed E-state index contributed by atoms with van der Waals surface area (Å²) in [5.74, 6) is -0.0607. The third kappa shape index (κ3) is 5.83. The van der Waals surface area contributed by atoms with E-state index in [2.05, 4.69) is 23.9 Å². The highest BCUT2D eigenvalue weighted by Gasteiger charge is 2.22. The predicted octanol–water partition coefficient (Wildman–Crippen LogP) is 1.75. The lowest BCUT2D eigenvalue weighted by atomic mass is 9.99. The number of carbonyl (C=O) groups excluding carboxylic acids is 1. The van der Waals surface area contributed by atoms with Crippen molar-refractivity contribution in [2.75, 3.05) is 40.3 Å². The molecule has 1 rings (SSSR count). The number of hydrogen-bond donors (Lipinski definition) is 0. The number of hydrogen-bond acceptors (Lipinski definition) is 4. The number of likely N-dealkylation sites (tertiary alicyclic amines) is 1. The van der Waals surface area contributed by atoms with Crippen molar-refractivity contribution in [3.05, 3.63) is 0 Å².